The summed E-state index contributed by atoms with van der Waals surface area (Å²) in [7, 11) is 0. The number of aliphatic hydroxyl groups excluding tert-OH is 1. The Hall–Kier alpha value is -0.520. The third-order valence-electron chi connectivity index (χ3n) is 2.94. The molecule has 1 rings (SSSR count). The van der Waals surface area contributed by atoms with Crippen molar-refractivity contribution in [2.24, 2.45) is 0 Å². The van der Waals surface area contributed by atoms with Crippen LogP contribution in [0, 0.1) is 11.8 Å². The van der Waals surface area contributed by atoms with Crippen LogP contribution in [-0.2, 0) is 0 Å². The number of hydrogen-bond donors (Lipinski definition) is 1. The highest BCUT2D eigenvalue weighted by Crippen LogP contribution is 2.21. The molecule has 0 heterocycles. The predicted octanol–water partition coefficient (Wildman–Crippen LogP) is 1.64. The van der Waals surface area contributed by atoms with Crippen molar-refractivity contribution in [3.8, 4) is 11.8 Å². The molecule has 0 aliphatic heterocycles. The maximum atomic E-state index is 8.98. The molecule has 80 valence electrons. The molecule has 0 bridgehead atoms. The Labute approximate surface area is 87.3 Å². The summed E-state index contributed by atoms with van der Waals surface area (Å²) >= 11 is 0. The van der Waals surface area contributed by atoms with Gasteiger partial charge in [0, 0.05) is 12.6 Å². The van der Waals surface area contributed by atoms with E-state index in [1.54, 1.807) is 0 Å². The van der Waals surface area contributed by atoms with Gasteiger partial charge < -0.3 is 5.11 Å². The fourth-order valence-electron chi connectivity index (χ4n) is 2.15. The summed E-state index contributed by atoms with van der Waals surface area (Å²) < 4.78 is 0. The maximum absolute atomic E-state index is 8.98. The van der Waals surface area contributed by atoms with E-state index in [1.165, 1.54) is 32.1 Å². The van der Waals surface area contributed by atoms with Crippen LogP contribution >= 0.6 is 0 Å². The van der Waals surface area contributed by atoms with Crippen LogP contribution in [0.4, 0.5) is 0 Å². The van der Waals surface area contributed by atoms with Gasteiger partial charge in [0.1, 0.15) is 0 Å². The summed E-state index contributed by atoms with van der Waals surface area (Å²) in [5.74, 6) is 6.02. The second-order valence-corrected chi connectivity index (χ2v) is 3.91. The van der Waals surface area contributed by atoms with Gasteiger partial charge in [0.15, 0.2) is 0 Å². The summed E-state index contributed by atoms with van der Waals surface area (Å²) in [4.78, 5) is 2.33. The van der Waals surface area contributed by atoms with Crippen molar-refractivity contribution < 1.29 is 5.11 Å². The van der Waals surface area contributed by atoms with Crippen molar-refractivity contribution in [2.45, 2.75) is 45.1 Å². The molecule has 1 saturated carbocycles. The minimum absolute atomic E-state index is 0.252. The first-order valence-electron chi connectivity index (χ1n) is 5.63. The Morgan fingerprint density at radius 1 is 1.29 bits per heavy atom. The van der Waals surface area contributed by atoms with E-state index < -0.39 is 0 Å². The molecule has 0 radical (unpaired) electrons. The molecule has 1 N–H and O–H groups in total. The summed E-state index contributed by atoms with van der Waals surface area (Å²) in [6, 6.07) is 0.664. The summed E-state index contributed by atoms with van der Waals surface area (Å²) in [5.41, 5.74) is 0. The van der Waals surface area contributed by atoms with E-state index in [0.717, 1.165) is 13.1 Å². The number of nitrogens with zero attached hydrogens (tertiary/aromatic N) is 1. The number of aliphatic hydroxyl groups is 1. The third-order valence-corrected chi connectivity index (χ3v) is 2.94. The molecule has 14 heavy (non-hydrogen) atoms. The Balaban J connectivity index is 2.40. The molecule has 1 fully saturated rings. The first-order valence-corrected chi connectivity index (χ1v) is 5.63. The normalized spacial score (nSPS) is 17.9. The SMILES string of the molecule is CC#CCN(CCO)C1CCCCC1. The molecule has 0 saturated heterocycles. The van der Waals surface area contributed by atoms with Crippen molar-refractivity contribution in [3.63, 3.8) is 0 Å². The van der Waals surface area contributed by atoms with Gasteiger partial charge in [0.05, 0.1) is 13.2 Å². The average Bonchev–Trinajstić information content (AvgIpc) is 2.25. The molecule has 0 aromatic rings. The molecule has 2 nitrogen and oxygen atoms in total. The highest BCUT2D eigenvalue weighted by Gasteiger charge is 2.19. The molecule has 0 aromatic heterocycles. The van der Waals surface area contributed by atoms with Crippen LogP contribution < -0.4 is 0 Å². The van der Waals surface area contributed by atoms with Crippen molar-refractivity contribution >= 4 is 0 Å². The molecule has 0 spiro atoms. The highest BCUT2D eigenvalue weighted by atomic mass is 16.3. The Morgan fingerprint density at radius 2 is 2.00 bits per heavy atom. The second-order valence-electron chi connectivity index (χ2n) is 3.91. The molecular formula is C12H21NO. The monoisotopic (exact) mass is 195 g/mol. The van der Waals surface area contributed by atoms with E-state index in [9.17, 15) is 0 Å². The van der Waals surface area contributed by atoms with Gasteiger partial charge in [0.25, 0.3) is 0 Å². The van der Waals surface area contributed by atoms with Gasteiger partial charge in [-0.2, -0.15) is 0 Å². The molecule has 0 amide bonds. The van der Waals surface area contributed by atoms with Crippen LogP contribution in [0.15, 0.2) is 0 Å². The number of hydrogen-bond acceptors (Lipinski definition) is 2. The lowest BCUT2D eigenvalue weighted by molar-refractivity contribution is 0.139. The third kappa shape index (κ3) is 3.69. The lowest BCUT2D eigenvalue weighted by Gasteiger charge is -2.32. The van der Waals surface area contributed by atoms with Crippen molar-refractivity contribution in [1.82, 2.24) is 4.90 Å². The van der Waals surface area contributed by atoms with E-state index in [4.69, 9.17) is 5.11 Å². The van der Waals surface area contributed by atoms with E-state index in [2.05, 4.69) is 16.7 Å². The lowest BCUT2D eigenvalue weighted by atomic mass is 9.94. The van der Waals surface area contributed by atoms with Crippen LogP contribution in [0.5, 0.6) is 0 Å². The molecule has 0 unspecified atom stereocenters. The first kappa shape index (κ1) is 11.6. The van der Waals surface area contributed by atoms with Crippen molar-refractivity contribution in [1.29, 1.82) is 0 Å². The summed E-state index contributed by atoms with van der Waals surface area (Å²) in [6.07, 6.45) is 6.62. The van der Waals surface area contributed by atoms with Gasteiger partial charge >= 0.3 is 0 Å². The summed E-state index contributed by atoms with van der Waals surface area (Å²) in [6.45, 7) is 3.72. The van der Waals surface area contributed by atoms with E-state index >= 15 is 0 Å². The predicted molar refractivity (Wildman–Crippen MR) is 59.0 cm³/mol. The van der Waals surface area contributed by atoms with Gasteiger partial charge in [-0.1, -0.05) is 25.2 Å². The van der Waals surface area contributed by atoms with Crippen LogP contribution in [-0.4, -0.2) is 35.7 Å². The minimum atomic E-state index is 0.252. The Morgan fingerprint density at radius 3 is 2.57 bits per heavy atom. The Kier molecular flexibility index (Phi) is 5.66. The maximum Gasteiger partial charge on any atom is 0.0604 e. The van der Waals surface area contributed by atoms with E-state index in [0.29, 0.717) is 6.04 Å². The minimum Gasteiger partial charge on any atom is -0.395 e. The molecule has 1 aliphatic carbocycles. The smallest absolute Gasteiger partial charge is 0.0604 e. The molecule has 1 aliphatic rings. The van der Waals surface area contributed by atoms with Crippen molar-refractivity contribution in [2.75, 3.05) is 19.7 Å². The number of rotatable bonds is 4. The molecule has 2 heteroatoms. The second kappa shape index (κ2) is 6.86. The quantitative estimate of drug-likeness (QED) is 0.689. The fourth-order valence-corrected chi connectivity index (χ4v) is 2.15. The summed E-state index contributed by atoms with van der Waals surface area (Å²) in [5, 5.41) is 8.98. The molecule has 0 aromatic carbocycles. The Bertz CT molecular complexity index is 198. The lowest BCUT2D eigenvalue weighted by Crippen LogP contribution is -2.38. The largest absolute Gasteiger partial charge is 0.395 e. The van der Waals surface area contributed by atoms with Crippen LogP contribution in [0.1, 0.15) is 39.0 Å². The standard InChI is InChI=1S/C12H21NO/c1-2-3-9-13(10-11-14)12-7-5-4-6-8-12/h12,14H,4-11H2,1H3. The fraction of sp³-hybridized carbons (Fsp3) is 0.833. The van der Waals surface area contributed by atoms with Crippen LogP contribution in [0.2, 0.25) is 0 Å². The van der Waals surface area contributed by atoms with E-state index in [1.807, 2.05) is 6.92 Å². The zero-order valence-corrected chi connectivity index (χ0v) is 9.13. The van der Waals surface area contributed by atoms with Gasteiger partial charge in [-0.3, -0.25) is 4.90 Å². The first-order chi connectivity index (χ1) is 6.88. The van der Waals surface area contributed by atoms with Crippen molar-refractivity contribution in [3.05, 3.63) is 0 Å². The van der Waals surface area contributed by atoms with Gasteiger partial charge in [-0.15, -0.1) is 5.92 Å². The average molecular weight is 195 g/mol. The zero-order chi connectivity index (χ0) is 10.2. The van der Waals surface area contributed by atoms with Gasteiger partial charge in [-0.25, -0.2) is 0 Å². The van der Waals surface area contributed by atoms with E-state index in [-0.39, 0.29) is 6.61 Å². The topological polar surface area (TPSA) is 23.5 Å². The zero-order valence-electron chi connectivity index (χ0n) is 9.13. The van der Waals surface area contributed by atoms with Crippen LogP contribution in [0.3, 0.4) is 0 Å². The molecular weight excluding hydrogens is 174 g/mol. The van der Waals surface area contributed by atoms with Gasteiger partial charge in [0.2, 0.25) is 0 Å². The van der Waals surface area contributed by atoms with Crippen LogP contribution in [0.25, 0.3) is 0 Å². The highest BCUT2D eigenvalue weighted by molar-refractivity contribution is 4.98. The van der Waals surface area contributed by atoms with Gasteiger partial charge in [-0.05, 0) is 19.8 Å². The molecule has 0 atom stereocenters.